The third kappa shape index (κ3) is 4.29. The van der Waals surface area contributed by atoms with Crippen molar-refractivity contribution in [3.05, 3.63) is 34.9 Å². The maximum absolute atomic E-state index is 2.40. The Kier molecular flexibility index (Phi) is 4.27. The minimum atomic E-state index is -0.320. The smallest absolute Gasteiger partial charge is 0.0232 e. The van der Waals surface area contributed by atoms with Gasteiger partial charge in [0.25, 0.3) is 0 Å². The first kappa shape index (κ1) is 12.6. The molecule has 0 unspecified atom stereocenters. The molecular formula is C14H24S. The molecule has 15 heavy (non-hydrogen) atoms. The highest BCUT2D eigenvalue weighted by Crippen LogP contribution is 2.35. The van der Waals surface area contributed by atoms with Crippen LogP contribution in [0.4, 0.5) is 0 Å². The van der Waals surface area contributed by atoms with Gasteiger partial charge in [0.05, 0.1) is 0 Å². The highest BCUT2D eigenvalue weighted by atomic mass is 32.3. The SMILES string of the molecule is Cc1cccc(C)c1CCCS(C)(C)C. The van der Waals surface area contributed by atoms with Gasteiger partial charge in [-0.15, -0.1) is 0 Å². The lowest BCUT2D eigenvalue weighted by molar-refractivity contribution is 0.910. The normalized spacial score (nSPS) is 12.9. The first-order chi connectivity index (χ1) is 6.90. The molecule has 1 rings (SSSR count). The summed E-state index contributed by atoms with van der Waals surface area (Å²) in [6.45, 7) is 4.46. The number of hydrogen-bond acceptors (Lipinski definition) is 0. The van der Waals surface area contributed by atoms with Gasteiger partial charge in [-0.3, -0.25) is 0 Å². The first-order valence-corrected chi connectivity index (χ1v) is 8.64. The van der Waals surface area contributed by atoms with E-state index < -0.39 is 0 Å². The van der Waals surface area contributed by atoms with E-state index in [1.54, 1.807) is 5.56 Å². The molecule has 0 saturated heterocycles. The second kappa shape index (κ2) is 5.07. The van der Waals surface area contributed by atoms with Crippen LogP contribution in [0.3, 0.4) is 0 Å². The van der Waals surface area contributed by atoms with Crippen LogP contribution in [-0.4, -0.2) is 24.5 Å². The topological polar surface area (TPSA) is 0 Å². The summed E-state index contributed by atoms with van der Waals surface area (Å²) in [7, 11) is -0.320. The molecule has 0 N–H and O–H groups in total. The van der Waals surface area contributed by atoms with Gasteiger partial charge >= 0.3 is 0 Å². The van der Waals surface area contributed by atoms with Crippen LogP contribution in [0.25, 0.3) is 0 Å². The molecule has 0 aliphatic heterocycles. The Morgan fingerprint density at radius 1 is 1.00 bits per heavy atom. The van der Waals surface area contributed by atoms with E-state index in [4.69, 9.17) is 0 Å². The van der Waals surface area contributed by atoms with Gasteiger partial charge in [-0.1, -0.05) is 18.2 Å². The molecule has 0 fully saturated rings. The lowest BCUT2D eigenvalue weighted by Crippen LogP contribution is -2.02. The van der Waals surface area contributed by atoms with E-state index in [0.717, 1.165) is 0 Å². The molecule has 0 saturated carbocycles. The summed E-state index contributed by atoms with van der Waals surface area (Å²) in [6, 6.07) is 6.61. The van der Waals surface area contributed by atoms with Crippen LogP contribution in [0, 0.1) is 13.8 Å². The Morgan fingerprint density at radius 2 is 1.53 bits per heavy atom. The molecule has 0 aliphatic rings. The highest BCUT2D eigenvalue weighted by molar-refractivity contribution is 8.32. The van der Waals surface area contributed by atoms with Crippen molar-refractivity contribution < 1.29 is 0 Å². The van der Waals surface area contributed by atoms with Crippen molar-refractivity contribution in [3.8, 4) is 0 Å². The summed E-state index contributed by atoms with van der Waals surface area (Å²) in [5.41, 5.74) is 4.49. The fraction of sp³-hybridized carbons (Fsp3) is 0.571. The van der Waals surface area contributed by atoms with Crippen molar-refractivity contribution >= 4 is 10.0 Å². The third-order valence-corrected chi connectivity index (χ3v) is 4.34. The van der Waals surface area contributed by atoms with Gasteiger partial charge in [-0.05, 0) is 67.9 Å². The molecular weight excluding hydrogens is 200 g/mol. The van der Waals surface area contributed by atoms with Crippen LogP contribution >= 0.6 is 10.0 Å². The van der Waals surface area contributed by atoms with E-state index >= 15 is 0 Å². The summed E-state index contributed by atoms with van der Waals surface area (Å²) < 4.78 is 0. The molecule has 0 spiro atoms. The Hall–Kier alpha value is -0.430. The van der Waals surface area contributed by atoms with Crippen LogP contribution in [0.2, 0.25) is 0 Å². The quantitative estimate of drug-likeness (QED) is 0.727. The standard InChI is InChI=1S/C14H24S/c1-12-8-6-9-13(2)14(12)10-7-11-15(3,4)5/h6,8-9H,7,10-11H2,1-5H3. The number of hydrogen-bond donors (Lipinski definition) is 0. The van der Waals surface area contributed by atoms with Crippen molar-refractivity contribution in [2.75, 3.05) is 24.5 Å². The molecule has 1 aromatic rings. The van der Waals surface area contributed by atoms with Crippen molar-refractivity contribution in [1.82, 2.24) is 0 Å². The van der Waals surface area contributed by atoms with E-state index in [1.165, 1.54) is 29.7 Å². The van der Waals surface area contributed by atoms with Gasteiger partial charge in [-0.25, -0.2) is 10.0 Å². The monoisotopic (exact) mass is 224 g/mol. The van der Waals surface area contributed by atoms with Gasteiger partial charge in [-0.2, -0.15) is 0 Å². The average molecular weight is 224 g/mol. The zero-order valence-electron chi connectivity index (χ0n) is 10.8. The van der Waals surface area contributed by atoms with Gasteiger partial charge in [0.15, 0.2) is 0 Å². The van der Waals surface area contributed by atoms with Gasteiger partial charge in [0.1, 0.15) is 0 Å². The lowest BCUT2D eigenvalue weighted by atomic mass is 9.99. The van der Waals surface area contributed by atoms with Crippen LogP contribution in [0.15, 0.2) is 18.2 Å². The second-order valence-corrected chi connectivity index (χ2v) is 9.86. The Bertz CT molecular complexity index is 300. The molecule has 0 nitrogen and oxygen atoms in total. The Labute approximate surface area is 96.4 Å². The maximum atomic E-state index is 2.40. The first-order valence-electron chi connectivity index (χ1n) is 5.61. The van der Waals surface area contributed by atoms with Crippen molar-refractivity contribution in [3.63, 3.8) is 0 Å². The molecule has 0 aliphatic carbocycles. The number of rotatable bonds is 4. The number of aryl methyl sites for hydroxylation is 2. The number of benzene rings is 1. The molecule has 0 heterocycles. The van der Waals surface area contributed by atoms with Gasteiger partial charge in [0.2, 0.25) is 0 Å². The molecule has 1 heteroatoms. The predicted octanol–water partition coefficient (Wildman–Crippen LogP) is 3.93. The summed E-state index contributed by atoms with van der Waals surface area (Å²) in [5, 5.41) is 0. The van der Waals surface area contributed by atoms with E-state index in [1.807, 2.05) is 0 Å². The minimum absolute atomic E-state index is 0.320. The molecule has 1 aromatic carbocycles. The third-order valence-electron chi connectivity index (χ3n) is 2.83. The summed E-state index contributed by atoms with van der Waals surface area (Å²) >= 11 is 0. The zero-order valence-corrected chi connectivity index (χ0v) is 11.6. The molecule has 0 atom stereocenters. The minimum Gasteiger partial charge on any atom is -0.250 e. The van der Waals surface area contributed by atoms with E-state index in [0.29, 0.717) is 0 Å². The van der Waals surface area contributed by atoms with Crippen LogP contribution < -0.4 is 0 Å². The fourth-order valence-electron chi connectivity index (χ4n) is 1.93. The van der Waals surface area contributed by atoms with Crippen molar-refractivity contribution in [1.29, 1.82) is 0 Å². The predicted molar refractivity (Wildman–Crippen MR) is 74.5 cm³/mol. The molecule has 0 radical (unpaired) electrons. The van der Waals surface area contributed by atoms with Crippen molar-refractivity contribution in [2.45, 2.75) is 26.7 Å². The van der Waals surface area contributed by atoms with Crippen LogP contribution in [0.5, 0.6) is 0 Å². The van der Waals surface area contributed by atoms with Gasteiger partial charge < -0.3 is 0 Å². The van der Waals surface area contributed by atoms with E-state index in [2.05, 4.69) is 50.8 Å². The molecule has 0 amide bonds. The van der Waals surface area contributed by atoms with Crippen LogP contribution in [-0.2, 0) is 6.42 Å². The van der Waals surface area contributed by atoms with E-state index in [9.17, 15) is 0 Å². The fourth-order valence-corrected chi connectivity index (χ4v) is 2.94. The Morgan fingerprint density at radius 3 is 2.00 bits per heavy atom. The van der Waals surface area contributed by atoms with Crippen LogP contribution in [0.1, 0.15) is 23.1 Å². The van der Waals surface area contributed by atoms with E-state index in [-0.39, 0.29) is 10.0 Å². The summed E-state index contributed by atoms with van der Waals surface area (Å²) in [4.78, 5) is 0. The molecule has 0 aromatic heterocycles. The largest absolute Gasteiger partial charge is 0.250 e. The average Bonchev–Trinajstić information content (AvgIpc) is 2.08. The summed E-state index contributed by atoms with van der Waals surface area (Å²) in [6.07, 6.45) is 9.79. The van der Waals surface area contributed by atoms with Gasteiger partial charge in [0, 0.05) is 0 Å². The highest BCUT2D eigenvalue weighted by Gasteiger charge is 2.06. The molecule has 0 bridgehead atoms. The second-order valence-electron chi connectivity index (χ2n) is 5.27. The summed E-state index contributed by atoms with van der Waals surface area (Å²) in [5.74, 6) is 1.39. The maximum Gasteiger partial charge on any atom is -0.0232 e. The lowest BCUT2D eigenvalue weighted by Gasteiger charge is -2.25. The molecule has 86 valence electrons. The Balaban J connectivity index is 2.58. The zero-order chi connectivity index (χ0) is 11.5. The van der Waals surface area contributed by atoms with Crippen molar-refractivity contribution in [2.24, 2.45) is 0 Å².